The van der Waals surface area contributed by atoms with E-state index in [2.05, 4.69) is 59.1 Å². The first kappa shape index (κ1) is 15.7. The molecule has 0 aliphatic carbocycles. The second-order valence-electron chi connectivity index (χ2n) is 4.60. The second kappa shape index (κ2) is 7.38. The number of nitrogens with one attached hydrogen (secondary N) is 1. The van der Waals surface area contributed by atoms with Crippen LogP contribution in [-0.4, -0.2) is 6.54 Å². The Balaban J connectivity index is 2.25. The standard InChI is InChI=1S/C16H16ClFIN/c1-2-20-16(11-3-6-14(19)7-4-11)10-12-9-13(18)5-8-15(12)17/h3-9,16,20H,2,10H2,1H3. The zero-order chi connectivity index (χ0) is 14.5. The molecule has 4 heteroatoms. The molecule has 0 saturated heterocycles. The summed E-state index contributed by atoms with van der Waals surface area (Å²) in [7, 11) is 0. The third-order valence-corrected chi connectivity index (χ3v) is 4.24. The Bertz CT molecular complexity index is 571. The molecule has 0 spiro atoms. The van der Waals surface area contributed by atoms with Crippen molar-refractivity contribution in [3.63, 3.8) is 0 Å². The molecule has 2 aromatic rings. The lowest BCUT2D eigenvalue weighted by molar-refractivity contribution is 0.546. The first-order valence-corrected chi connectivity index (χ1v) is 7.98. The molecule has 20 heavy (non-hydrogen) atoms. The van der Waals surface area contributed by atoms with Crippen molar-refractivity contribution in [1.29, 1.82) is 0 Å². The van der Waals surface area contributed by atoms with Crippen molar-refractivity contribution in [2.75, 3.05) is 6.54 Å². The van der Waals surface area contributed by atoms with Crippen LogP contribution in [0.15, 0.2) is 42.5 Å². The molecule has 1 N–H and O–H groups in total. The quantitative estimate of drug-likeness (QED) is 0.695. The second-order valence-corrected chi connectivity index (χ2v) is 6.25. The first-order chi connectivity index (χ1) is 9.60. The molecule has 1 unspecified atom stereocenters. The average molecular weight is 404 g/mol. The van der Waals surface area contributed by atoms with E-state index in [9.17, 15) is 4.39 Å². The summed E-state index contributed by atoms with van der Waals surface area (Å²) < 4.78 is 14.6. The van der Waals surface area contributed by atoms with E-state index in [-0.39, 0.29) is 11.9 Å². The van der Waals surface area contributed by atoms with Gasteiger partial charge >= 0.3 is 0 Å². The Labute approximate surface area is 137 Å². The van der Waals surface area contributed by atoms with Gasteiger partial charge in [0.25, 0.3) is 0 Å². The number of halogens is 3. The minimum atomic E-state index is -0.248. The van der Waals surface area contributed by atoms with Gasteiger partial charge in [-0.25, -0.2) is 4.39 Å². The van der Waals surface area contributed by atoms with E-state index in [4.69, 9.17) is 11.6 Å². The van der Waals surface area contributed by atoms with Crippen LogP contribution in [0.1, 0.15) is 24.1 Å². The van der Waals surface area contributed by atoms with Crippen LogP contribution in [0.3, 0.4) is 0 Å². The smallest absolute Gasteiger partial charge is 0.123 e. The minimum absolute atomic E-state index is 0.135. The van der Waals surface area contributed by atoms with E-state index in [0.29, 0.717) is 11.4 Å². The maximum atomic E-state index is 13.4. The molecule has 0 radical (unpaired) electrons. The van der Waals surface area contributed by atoms with Gasteiger partial charge in [0.05, 0.1) is 0 Å². The van der Waals surface area contributed by atoms with Gasteiger partial charge < -0.3 is 5.32 Å². The van der Waals surface area contributed by atoms with Crippen LogP contribution in [0.4, 0.5) is 4.39 Å². The normalized spacial score (nSPS) is 12.4. The minimum Gasteiger partial charge on any atom is -0.310 e. The monoisotopic (exact) mass is 403 g/mol. The predicted octanol–water partition coefficient (Wildman–Crippen LogP) is 4.98. The fourth-order valence-corrected chi connectivity index (χ4v) is 2.72. The van der Waals surface area contributed by atoms with Crippen molar-refractivity contribution >= 4 is 34.2 Å². The van der Waals surface area contributed by atoms with Gasteiger partial charge in [-0.2, -0.15) is 0 Å². The first-order valence-electron chi connectivity index (χ1n) is 6.53. The van der Waals surface area contributed by atoms with Gasteiger partial charge in [0.1, 0.15) is 5.82 Å². The molecule has 0 aliphatic heterocycles. The molecule has 0 aromatic heterocycles. The summed E-state index contributed by atoms with van der Waals surface area (Å²) in [5.41, 5.74) is 2.02. The lowest BCUT2D eigenvalue weighted by Gasteiger charge is -2.19. The van der Waals surface area contributed by atoms with E-state index in [0.717, 1.165) is 12.1 Å². The summed E-state index contributed by atoms with van der Waals surface area (Å²) in [6.07, 6.45) is 0.672. The van der Waals surface area contributed by atoms with Gasteiger partial charge in [0.2, 0.25) is 0 Å². The third kappa shape index (κ3) is 4.17. The molecule has 0 heterocycles. The maximum absolute atomic E-state index is 13.4. The highest BCUT2D eigenvalue weighted by Crippen LogP contribution is 2.25. The molecule has 1 nitrogen and oxygen atoms in total. The summed E-state index contributed by atoms with van der Waals surface area (Å²) in [6, 6.07) is 13.0. The van der Waals surface area contributed by atoms with Crippen molar-refractivity contribution in [2.45, 2.75) is 19.4 Å². The van der Waals surface area contributed by atoms with Gasteiger partial charge in [0.15, 0.2) is 0 Å². The summed E-state index contributed by atoms with van der Waals surface area (Å²) in [5, 5.41) is 4.04. The van der Waals surface area contributed by atoms with E-state index < -0.39 is 0 Å². The Morgan fingerprint density at radius 2 is 1.90 bits per heavy atom. The Hall–Kier alpha value is -0.650. The van der Waals surface area contributed by atoms with E-state index >= 15 is 0 Å². The molecule has 1 atom stereocenters. The molecule has 2 aromatic carbocycles. The van der Waals surface area contributed by atoms with Gasteiger partial charge in [-0.05, 0) is 77.0 Å². The fourth-order valence-electron chi connectivity index (χ4n) is 2.17. The number of benzene rings is 2. The highest BCUT2D eigenvalue weighted by Gasteiger charge is 2.13. The molecule has 0 amide bonds. The molecule has 0 bridgehead atoms. The van der Waals surface area contributed by atoms with E-state index in [1.165, 1.54) is 21.3 Å². The van der Waals surface area contributed by atoms with Gasteiger partial charge in [-0.1, -0.05) is 30.7 Å². The summed E-state index contributed by atoms with van der Waals surface area (Å²) in [5.74, 6) is -0.248. The van der Waals surface area contributed by atoms with Crippen molar-refractivity contribution in [2.24, 2.45) is 0 Å². The highest BCUT2D eigenvalue weighted by molar-refractivity contribution is 14.1. The van der Waals surface area contributed by atoms with Crippen LogP contribution in [0, 0.1) is 9.39 Å². The van der Waals surface area contributed by atoms with Gasteiger partial charge in [-0.15, -0.1) is 0 Å². The maximum Gasteiger partial charge on any atom is 0.123 e. The van der Waals surface area contributed by atoms with Crippen molar-refractivity contribution in [1.82, 2.24) is 5.32 Å². The van der Waals surface area contributed by atoms with Crippen LogP contribution in [-0.2, 0) is 6.42 Å². The highest BCUT2D eigenvalue weighted by atomic mass is 127. The average Bonchev–Trinajstić information content (AvgIpc) is 2.43. The largest absolute Gasteiger partial charge is 0.310 e. The number of hydrogen-bond acceptors (Lipinski definition) is 1. The van der Waals surface area contributed by atoms with Crippen LogP contribution in [0.2, 0.25) is 5.02 Å². The fraction of sp³-hybridized carbons (Fsp3) is 0.250. The number of hydrogen-bond donors (Lipinski definition) is 1. The molecular formula is C16H16ClFIN. The van der Waals surface area contributed by atoms with Crippen LogP contribution >= 0.6 is 34.2 Å². The molecule has 0 aliphatic rings. The molecule has 106 valence electrons. The lowest BCUT2D eigenvalue weighted by Crippen LogP contribution is -2.23. The summed E-state index contributed by atoms with van der Waals surface area (Å²) in [4.78, 5) is 0. The van der Waals surface area contributed by atoms with Crippen molar-refractivity contribution in [3.8, 4) is 0 Å². The van der Waals surface area contributed by atoms with Crippen LogP contribution < -0.4 is 5.32 Å². The molecule has 0 saturated carbocycles. The van der Waals surface area contributed by atoms with E-state index in [1.54, 1.807) is 6.07 Å². The Morgan fingerprint density at radius 1 is 1.20 bits per heavy atom. The summed E-state index contributed by atoms with van der Waals surface area (Å²) in [6.45, 7) is 2.91. The van der Waals surface area contributed by atoms with Crippen LogP contribution in [0.25, 0.3) is 0 Å². The third-order valence-electron chi connectivity index (χ3n) is 3.15. The zero-order valence-corrected chi connectivity index (χ0v) is 14.1. The molecular weight excluding hydrogens is 388 g/mol. The van der Waals surface area contributed by atoms with Gasteiger partial charge in [-0.3, -0.25) is 0 Å². The molecule has 2 rings (SSSR count). The topological polar surface area (TPSA) is 12.0 Å². The zero-order valence-electron chi connectivity index (χ0n) is 11.2. The Kier molecular flexibility index (Phi) is 5.81. The number of rotatable bonds is 5. The van der Waals surface area contributed by atoms with E-state index in [1.807, 2.05) is 0 Å². The van der Waals surface area contributed by atoms with Crippen LogP contribution in [0.5, 0.6) is 0 Å². The SMILES string of the molecule is CCNC(Cc1cc(F)ccc1Cl)c1ccc(I)cc1. The predicted molar refractivity (Wildman–Crippen MR) is 90.7 cm³/mol. The summed E-state index contributed by atoms with van der Waals surface area (Å²) >= 11 is 8.44. The lowest BCUT2D eigenvalue weighted by atomic mass is 9.98. The van der Waals surface area contributed by atoms with Crippen molar-refractivity contribution in [3.05, 3.63) is 68.0 Å². The Morgan fingerprint density at radius 3 is 2.55 bits per heavy atom. The molecule has 0 fully saturated rings. The number of likely N-dealkylation sites (N-methyl/N-ethyl adjacent to an activating group) is 1. The van der Waals surface area contributed by atoms with Crippen molar-refractivity contribution < 1.29 is 4.39 Å². The van der Waals surface area contributed by atoms with Gasteiger partial charge in [0, 0.05) is 14.6 Å².